The number of hydrogen-bond acceptors (Lipinski definition) is 8. The minimum absolute atomic E-state index is 0.0672. The van der Waals surface area contributed by atoms with Crippen molar-refractivity contribution in [3.8, 4) is 11.5 Å². The van der Waals surface area contributed by atoms with E-state index in [1.54, 1.807) is 12.1 Å². The van der Waals surface area contributed by atoms with Crippen molar-refractivity contribution < 1.29 is 18.7 Å². The summed E-state index contributed by atoms with van der Waals surface area (Å²) >= 11 is 0. The molecule has 9 nitrogen and oxygen atoms in total. The predicted molar refractivity (Wildman–Crippen MR) is 130 cm³/mol. The lowest BCUT2D eigenvalue weighted by atomic mass is 10.1. The Morgan fingerprint density at radius 3 is 2.69 bits per heavy atom. The first kappa shape index (κ1) is 21.4. The lowest BCUT2D eigenvalue weighted by Crippen LogP contribution is -2.48. The Morgan fingerprint density at radius 2 is 1.86 bits per heavy atom. The van der Waals surface area contributed by atoms with Crippen LogP contribution >= 0.6 is 0 Å². The topological polar surface area (TPSA) is 93.0 Å². The molecule has 2 aromatic heterocycles. The first-order valence-corrected chi connectivity index (χ1v) is 11.6. The molecule has 0 unspecified atom stereocenters. The van der Waals surface area contributed by atoms with Gasteiger partial charge in [-0.25, -0.2) is 9.97 Å². The van der Waals surface area contributed by atoms with E-state index in [2.05, 4.69) is 23.2 Å². The molecule has 6 rings (SSSR count). The molecule has 2 aromatic carbocycles. The molecule has 0 aliphatic carbocycles. The highest BCUT2D eigenvalue weighted by molar-refractivity contribution is 5.93. The summed E-state index contributed by atoms with van der Waals surface area (Å²) in [4.78, 5) is 26.4. The zero-order valence-corrected chi connectivity index (χ0v) is 19.4. The number of nitrogens with one attached hydrogen (secondary N) is 1. The number of fused-ring (bicyclic) bond motifs is 2. The van der Waals surface area contributed by atoms with E-state index in [1.165, 1.54) is 6.26 Å². The number of hydrogen-bond donors (Lipinski definition) is 1. The van der Waals surface area contributed by atoms with Crippen molar-refractivity contribution in [1.82, 2.24) is 19.8 Å². The Bertz CT molecular complexity index is 1380. The van der Waals surface area contributed by atoms with Crippen LogP contribution < -0.4 is 14.8 Å². The second kappa shape index (κ2) is 8.92. The molecule has 1 fully saturated rings. The van der Waals surface area contributed by atoms with Gasteiger partial charge in [0.2, 0.25) is 6.79 Å². The maximum absolute atomic E-state index is 12.6. The SMILES string of the molecule is Cc1cccc2c(Nc3ccc4c(c3)OCO4)nc(CN3CCN(C(=O)c4ccco4)CC3)nc12. The van der Waals surface area contributed by atoms with Crippen molar-refractivity contribution in [2.45, 2.75) is 13.5 Å². The van der Waals surface area contributed by atoms with Gasteiger partial charge in [-0.1, -0.05) is 12.1 Å². The van der Waals surface area contributed by atoms with Crippen LogP contribution in [0.3, 0.4) is 0 Å². The third kappa shape index (κ3) is 4.26. The molecule has 1 saturated heterocycles. The normalized spacial score (nSPS) is 15.5. The lowest BCUT2D eigenvalue weighted by molar-refractivity contribution is 0.0595. The molecule has 1 N–H and O–H groups in total. The summed E-state index contributed by atoms with van der Waals surface area (Å²) in [6.07, 6.45) is 1.53. The number of nitrogens with zero attached hydrogens (tertiary/aromatic N) is 4. The number of para-hydroxylation sites is 1. The van der Waals surface area contributed by atoms with Gasteiger partial charge < -0.3 is 24.1 Å². The average Bonchev–Trinajstić information content (AvgIpc) is 3.57. The molecule has 9 heteroatoms. The Hall–Kier alpha value is -4.11. The maximum Gasteiger partial charge on any atom is 0.289 e. The van der Waals surface area contributed by atoms with E-state index in [0.29, 0.717) is 31.1 Å². The van der Waals surface area contributed by atoms with Crippen LogP contribution in [0.4, 0.5) is 11.5 Å². The molecule has 35 heavy (non-hydrogen) atoms. The van der Waals surface area contributed by atoms with Gasteiger partial charge in [-0.05, 0) is 42.8 Å². The molecule has 1 amide bonds. The summed E-state index contributed by atoms with van der Waals surface area (Å²) in [6, 6.07) is 15.3. The van der Waals surface area contributed by atoms with Gasteiger partial charge in [-0.15, -0.1) is 0 Å². The second-order valence-electron chi connectivity index (χ2n) is 8.70. The van der Waals surface area contributed by atoms with Gasteiger partial charge in [0.1, 0.15) is 11.6 Å². The summed E-state index contributed by atoms with van der Waals surface area (Å²) in [5.41, 5.74) is 2.88. The van der Waals surface area contributed by atoms with Gasteiger partial charge in [0, 0.05) is 43.3 Å². The predicted octanol–water partition coefficient (Wildman–Crippen LogP) is 3.96. The molecule has 0 atom stereocenters. The summed E-state index contributed by atoms with van der Waals surface area (Å²) in [5.74, 6) is 3.25. The third-order valence-corrected chi connectivity index (χ3v) is 6.37. The fourth-order valence-electron chi connectivity index (χ4n) is 4.48. The average molecular weight is 472 g/mol. The number of rotatable bonds is 5. The summed E-state index contributed by atoms with van der Waals surface area (Å²) in [7, 11) is 0. The van der Waals surface area contributed by atoms with Crippen molar-refractivity contribution in [1.29, 1.82) is 0 Å². The summed E-state index contributed by atoms with van der Waals surface area (Å²) < 4.78 is 16.2. The van der Waals surface area contributed by atoms with Crippen LogP contribution in [0.15, 0.2) is 59.2 Å². The molecule has 2 aliphatic heterocycles. The maximum atomic E-state index is 12.6. The Kier molecular flexibility index (Phi) is 5.46. The van der Waals surface area contributed by atoms with Gasteiger partial charge in [0.25, 0.3) is 5.91 Å². The second-order valence-corrected chi connectivity index (χ2v) is 8.70. The third-order valence-electron chi connectivity index (χ3n) is 6.37. The lowest BCUT2D eigenvalue weighted by Gasteiger charge is -2.33. The van der Waals surface area contributed by atoms with E-state index in [9.17, 15) is 4.79 Å². The number of aryl methyl sites for hydroxylation is 1. The van der Waals surface area contributed by atoms with Crippen LogP contribution in [0.1, 0.15) is 21.9 Å². The van der Waals surface area contributed by atoms with Crippen molar-refractivity contribution in [2.75, 3.05) is 38.3 Å². The number of furan rings is 1. The molecule has 2 aliphatic rings. The fourth-order valence-corrected chi connectivity index (χ4v) is 4.48. The van der Waals surface area contributed by atoms with E-state index in [-0.39, 0.29) is 12.7 Å². The van der Waals surface area contributed by atoms with Crippen molar-refractivity contribution in [2.24, 2.45) is 0 Å². The number of carbonyl (C=O) groups excluding carboxylic acids is 1. The molecule has 4 heterocycles. The molecule has 178 valence electrons. The zero-order chi connectivity index (χ0) is 23.8. The molecule has 0 bridgehead atoms. The van der Waals surface area contributed by atoms with E-state index >= 15 is 0 Å². The van der Waals surface area contributed by atoms with E-state index in [4.69, 9.17) is 23.9 Å². The number of anilines is 2. The minimum Gasteiger partial charge on any atom is -0.459 e. The van der Waals surface area contributed by atoms with Crippen LogP contribution in [0.2, 0.25) is 0 Å². The fraction of sp³-hybridized carbons (Fsp3) is 0.269. The summed E-state index contributed by atoms with van der Waals surface area (Å²) in [5, 5.41) is 4.41. The smallest absolute Gasteiger partial charge is 0.289 e. The van der Waals surface area contributed by atoms with Crippen LogP contribution in [-0.2, 0) is 6.54 Å². The Morgan fingerprint density at radius 1 is 1.00 bits per heavy atom. The molecule has 4 aromatic rings. The number of amides is 1. The summed E-state index contributed by atoms with van der Waals surface area (Å²) in [6.45, 7) is 5.65. The highest BCUT2D eigenvalue weighted by atomic mass is 16.7. The Labute approximate surface area is 202 Å². The first-order chi connectivity index (χ1) is 17.1. The minimum atomic E-state index is -0.0672. The highest BCUT2D eigenvalue weighted by Gasteiger charge is 2.24. The zero-order valence-electron chi connectivity index (χ0n) is 19.4. The molecular formula is C26H25N5O4. The molecular weight excluding hydrogens is 446 g/mol. The number of benzene rings is 2. The standard InChI is InChI=1S/C26H25N5O4/c1-17-4-2-5-19-24(17)28-23(29-25(19)27-18-7-8-20-22(14-18)35-16-34-20)15-30-9-11-31(12-10-30)26(32)21-6-3-13-33-21/h2-8,13-14H,9-12,15-16H2,1H3,(H,27,28,29). The van der Waals surface area contributed by atoms with Gasteiger partial charge in [-0.2, -0.15) is 0 Å². The first-order valence-electron chi connectivity index (χ1n) is 11.6. The molecule has 0 radical (unpaired) electrons. The number of ether oxygens (including phenoxy) is 2. The van der Waals surface area contributed by atoms with Crippen molar-refractivity contribution >= 4 is 28.3 Å². The van der Waals surface area contributed by atoms with Gasteiger partial charge >= 0.3 is 0 Å². The van der Waals surface area contributed by atoms with E-state index in [0.717, 1.165) is 52.6 Å². The molecule has 0 spiro atoms. The largest absolute Gasteiger partial charge is 0.459 e. The van der Waals surface area contributed by atoms with Crippen LogP contribution in [0, 0.1) is 6.92 Å². The van der Waals surface area contributed by atoms with Crippen molar-refractivity contribution in [3.05, 3.63) is 71.9 Å². The van der Waals surface area contributed by atoms with Crippen LogP contribution in [0.25, 0.3) is 10.9 Å². The van der Waals surface area contributed by atoms with Crippen LogP contribution in [-0.4, -0.2) is 58.6 Å². The quantitative estimate of drug-likeness (QED) is 0.468. The number of carbonyl (C=O) groups is 1. The van der Waals surface area contributed by atoms with Gasteiger partial charge in [0.15, 0.2) is 17.3 Å². The van der Waals surface area contributed by atoms with Gasteiger partial charge in [0.05, 0.1) is 18.3 Å². The van der Waals surface area contributed by atoms with Crippen LogP contribution in [0.5, 0.6) is 11.5 Å². The van der Waals surface area contributed by atoms with Crippen molar-refractivity contribution in [3.63, 3.8) is 0 Å². The monoisotopic (exact) mass is 471 g/mol. The number of piperazine rings is 1. The van der Waals surface area contributed by atoms with Gasteiger partial charge in [-0.3, -0.25) is 9.69 Å². The van der Waals surface area contributed by atoms with E-state index in [1.807, 2.05) is 35.2 Å². The van der Waals surface area contributed by atoms with E-state index < -0.39 is 0 Å². The highest BCUT2D eigenvalue weighted by Crippen LogP contribution is 2.36. The Balaban J connectivity index is 1.22. The number of aromatic nitrogens is 2. The molecule has 0 saturated carbocycles.